The van der Waals surface area contributed by atoms with E-state index in [9.17, 15) is 24.8 Å². The summed E-state index contributed by atoms with van der Waals surface area (Å²) in [6.07, 6.45) is 2.93. The Morgan fingerprint density at radius 1 is 1.32 bits per heavy atom. The molecule has 8 nitrogen and oxygen atoms in total. The molecular formula is C24H21N3O5S2. The molecule has 1 N–H and O–H groups in total. The van der Waals surface area contributed by atoms with Crippen LogP contribution in [0.1, 0.15) is 33.5 Å². The van der Waals surface area contributed by atoms with Crippen molar-refractivity contribution < 1.29 is 19.4 Å². The topological polar surface area (TPSA) is 113 Å². The lowest BCUT2D eigenvalue weighted by Gasteiger charge is -2.17. The Kier molecular flexibility index (Phi) is 7.71. The van der Waals surface area contributed by atoms with Crippen molar-refractivity contribution >= 4 is 46.1 Å². The molecule has 3 rings (SSSR count). The van der Waals surface area contributed by atoms with Crippen molar-refractivity contribution in [1.29, 1.82) is 5.26 Å². The SMILES string of the molecule is C=CCn1c(O)c(C(=O)CCN2C(=O)/C(=C/c3ccc(OC)cc3)SC2=S)c(C)c(C#N)c1=O. The van der Waals surface area contributed by atoms with Gasteiger partial charge in [0.25, 0.3) is 11.5 Å². The van der Waals surface area contributed by atoms with Crippen LogP contribution in [0.4, 0.5) is 0 Å². The van der Waals surface area contributed by atoms with Crippen molar-refractivity contribution in [1.82, 2.24) is 9.47 Å². The Morgan fingerprint density at radius 3 is 2.59 bits per heavy atom. The average Bonchev–Trinajstić information content (AvgIpc) is 3.08. The normalized spacial score (nSPS) is 14.4. The molecule has 0 aliphatic carbocycles. The van der Waals surface area contributed by atoms with E-state index in [1.54, 1.807) is 31.4 Å². The summed E-state index contributed by atoms with van der Waals surface area (Å²) in [5.74, 6) is -0.677. The van der Waals surface area contributed by atoms with Crippen molar-refractivity contribution in [3.63, 3.8) is 0 Å². The van der Waals surface area contributed by atoms with Crippen LogP contribution in [0.15, 0.2) is 46.6 Å². The fourth-order valence-electron chi connectivity index (χ4n) is 3.47. The molecule has 0 radical (unpaired) electrons. The summed E-state index contributed by atoms with van der Waals surface area (Å²) in [4.78, 5) is 40.0. The van der Waals surface area contributed by atoms with Gasteiger partial charge in [0.1, 0.15) is 21.7 Å². The van der Waals surface area contributed by atoms with E-state index in [1.807, 2.05) is 12.1 Å². The highest BCUT2D eigenvalue weighted by atomic mass is 32.2. The number of nitriles is 1. The number of Topliss-reactive ketones (excluding diaryl/α,β-unsaturated/α-hetero) is 1. The van der Waals surface area contributed by atoms with Crippen LogP contribution >= 0.6 is 24.0 Å². The summed E-state index contributed by atoms with van der Waals surface area (Å²) >= 11 is 6.46. The first-order valence-electron chi connectivity index (χ1n) is 10.1. The number of hydrogen-bond acceptors (Lipinski definition) is 8. The molecule has 0 atom stereocenters. The zero-order valence-electron chi connectivity index (χ0n) is 18.5. The second kappa shape index (κ2) is 10.5. The van der Waals surface area contributed by atoms with Gasteiger partial charge >= 0.3 is 0 Å². The molecule has 0 unspecified atom stereocenters. The van der Waals surface area contributed by atoms with E-state index in [0.717, 1.165) is 21.9 Å². The minimum absolute atomic E-state index is 0.00912. The molecule has 0 bridgehead atoms. The first kappa shape index (κ1) is 25.0. The highest BCUT2D eigenvalue weighted by Gasteiger charge is 2.33. The fourth-order valence-corrected chi connectivity index (χ4v) is 4.77. The maximum absolute atomic E-state index is 13.0. The largest absolute Gasteiger partial charge is 0.497 e. The summed E-state index contributed by atoms with van der Waals surface area (Å²) in [7, 11) is 1.57. The molecule has 1 aliphatic heterocycles. The number of benzene rings is 1. The predicted molar refractivity (Wildman–Crippen MR) is 134 cm³/mol. The Labute approximate surface area is 205 Å². The van der Waals surface area contributed by atoms with Crippen molar-refractivity contribution in [2.24, 2.45) is 0 Å². The third-order valence-electron chi connectivity index (χ3n) is 5.24. The lowest BCUT2D eigenvalue weighted by molar-refractivity contribution is -0.122. The number of carbonyl (C=O) groups excluding carboxylic acids is 2. The second-order valence-corrected chi connectivity index (χ2v) is 8.97. The standard InChI is InChI=1S/C24H21N3O5S2/c1-4-10-26-21(29)17(13-25)14(2)20(23(26)31)18(28)9-11-27-22(30)19(34-24(27)33)12-15-5-7-16(32-3)8-6-15/h4-8,12,31H,1,9-11H2,2-3H3/b19-12-. The summed E-state index contributed by atoms with van der Waals surface area (Å²) < 4.78 is 6.36. The zero-order chi connectivity index (χ0) is 25.0. The highest BCUT2D eigenvalue weighted by Crippen LogP contribution is 2.33. The van der Waals surface area contributed by atoms with Gasteiger partial charge in [-0.3, -0.25) is 23.9 Å². The molecule has 1 aromatic carbocycles. The van der Waals surface area contributed by atoms with Crippen LogP contribution in [0, 0.1) is 18.3 Å². The number of thiocarbonyl (C=S) groups is 1. The van der Waals surface area contributed by atoms with Crippen LogP contribution in [0.5, 0.6) is 11.6 Å². The van der Waals surface area contributed by atoms with E-state index in [0.29, 0.717) is 15.0 Å². The number of aromatic nitrogens is 1. The Hall–Kier alpha value is -3.68. The number of pyridine rings is 1. The number of hydrogen-bond donors (Lipinski definition) is 1. The van der Waals surface area contributed by atoms with E-state index in [4.69, 9.17) is 17.0 Å². The van der Waals surface area contributed by atoms with Crippen LogP contribution in [0.25, 0.3) is 6.08 Å². The first-order chi connectivity index (χ1) is 16.2. The van der Waals surface area contributed by atoms with Crippen molar-refractivity contribution in [2.45, 2.75) is 19.9 Å². The van der Waals surface area contributed by atoms with Gasteiger partial charge in [-0.2, -0.15) is 5.26 Å². The molecule has 1 amide bonds. The smallest absolute Gasteiger partial charge is 0.271 e. The van der Waals surface area contributed by atoms with Gasteiger partial charge in [-0.05, 0) is 36.3 Å². The molecule has 2 aromatic rings. The van der Waals surface area contributed by atoms with Crippen LogP contribution < -0.4 is 10.3 Å². The number of ether oxygens (including phenoxy) is 1. The maximum atomic E-state index is 13.0. The molecule has 2 heterocycles. The maximum Gasteiger partial charge on any atom is 0.271 e. The molecule has 1 aromatic heterocycles. The molecule has 0 saturated carbocycles. The quantitative estimate of drug-likeness (QED) is 0.257. The van der Waals surface area contributed by atoms with Crippen LogP contribution in [-0.2, 0) is 11.3 Å². The number of methoxy groups -OCH3 is 1. The third-order valence-corrected chi connectivity index (χ3v) is 6.62. The van der Waals surface area contributed by atoms with Gasteiger partial charge in [0.15, 0.2) is 5.78 Å². The third kappa shape index (κ3) is 4.81. The van der Waals surface area contributed by atoms with E-state index in [2.05, 4.69) is 6.58 Å². The monoisotopic (exact) mass is 495 g/mol. The van der Waals surface area contributed by atoms with E-state index >= 15 is 0 Å². The minimum atomic E-state index is -0.699. The number of allylic oxidation sites excluding steroid dienone is 1. The molecule has 1 fully saturated rings. The molecule has 1 saturated heterocycles. The summed E-state index contributed by atoms with van der Waals surface area (Å²) in [5, 5.41) is 19.9. The fraction of sp³-hybridized carbons (Fsp3) is 0.208. The first-order valence-corrected chi connectivity index (χ1v) is 11.4. The number of nitrogens with zero attached hydrogens (tertiary/aromatic N) is 3. The average molecular weight is 496 g/mol. The summed E-state index contributed by atoms with van der Waals surface area (Å²) in [6.45, 7) is 4.89. The van der Waals surface area contributed by atoms with Crippen LogP contribution in [-0.4, -0.2) is 44.2 Å². The Morgan fingerprint density at radius 2 is 2.00 bits per heavy atom. The second-order valence-electron chi connectivity index (χ2n) is 7.29. The van der Waals surface area contributed by atoms with Gasteiger partial charge < -0.3 is 9.84 Å². The lowest BCUT2D eigenvalue weighted by Crippen LogP contribution is -2.31. The van der Waals surface area contributed by atoms with Gasteiger partial charge in [-0.15, -0.1) is 6.58 Å². The molecule has 34 heavy (non-hydrogen) atoms. The van der Waals surface area contributed by atoms with Crippen LogP contribution in [0.3, 0.4) is 0 Å². The van der Waals surface area contributed by atoms with E-state index < -0.39 is 17.2 Å². The number of ketones is 1. The Balaban J connectivity index is 1.81. The Bertz CT molecular complexity index is 1320. The number of amides is 1. The van der Waals surface area contributed by atoms with Crippen molar-refractivity contribution in [2.75, 3.05) is 13.7 Å². The molecular weight excluding hydrogens is 474 g/mol. The van der Waals surface area contributed by atoms with Gasteiger partial charge in [0.05, 0.1) is 17.6 Å². The number of aromatic hydroxyl groups is 1. The van der Waals surface area contributed by atoms with E-state index in [-0.39, 0.29) is 42.1 Å². The van der Waals surface area contributed by atoms with Crippen molar-refractivity contribution in [3.05, 3.63) is 74.4 Å². The van der Waals surface area contributed by atoms with Gasteiger partial charge in [0, 0.05) is 19.5 Å². The minimum Gasteiger partial charge on any atom is -0.497 e. The molecule has 1 aliphatic rings. The van der Waals surface area contributed by atoms with Gasteiger partial charge in [0.2, 0.25) is 5.88 Å². The summed E-state index contributed by atoms with van der Waals surface area (Å²) in [6, 6.07) is 8.98. The number of rotatable bonds is 8. The summed E-state index contributed by atoms with van der Waals surface area (Å²) in [5.41, 5.74) is -0.158. The van der Waals surface area contributed by atoms with Gasteiger partial charge in [-0.1, -0.05) is 42.2 Å². The number of carbonyl (C=O) groups is 2. The van der Waals surface area contributed by atoms with Crippen LogP contribution in [0.2, 0.25) is 0 Å². The number of thioether (sulfide) groups is 1. The van der Waals surface area contributed by atoms with Crippen molar-refractivity contribution in [3.8, 4) is 17.7 Å². The zero-order valence-corrected chi connectivity index (χ0v) is 20.2. The molecule has 174 valence electrons. The predicted octanol–water partition coefficient (Wildman–Crippen LogP) is 3.40. The molecule has 10 heteroatoms. The van der Waals surface area contributed by atoms with Gasteiger partial charge in [-0.25, -0.2) is 0 Å². The lowest BCUT2D eigenvalue weighted by atomic mass is 10.00. The molecule has 0 spiro atoms. The van der Waals surface area contributed by atoms with E-state index in [1.165, 1.54) is 17.9 Å². The highest BCUT2D eigenvalue weighted by molar-refractivity contribution is 8.26.